The Balaban J connectivity index is 0.692. The average molecular weight is 968 g/mol. The number of morpholine rings is 1. The zero-order chi connectivity index (χ0) is 48.3. The number of nitrogens with two attached hydrogens (primary N) is 1. The predicted molar refractivity (Wildman–Crippen MR) is 261 cm³/mol. The maximum atomic E-state index is 14.0. The molecule has 0 aliphatic carbocycles. The van der Waals surface area contributed by atoms with Crippen LogP contribution in [0.5, 0.6) is 11.6 Å². The summed E-state index contributed by atoms with van der Waals surface area (Å²) in [6.07, 6.45) is 3.05. The minimum atomic E-state index is -0.822. The Bertz CT molecular complexity index is 2460. The molecule has 18 nitrogen and oxygen atoms in total. The van der Waals surface area contributed by atoms with Gasteiger partial charge in [-0.25, -0.2) is 4.98 Å². The third-order valence-corrected chi connectivity index (χ3v) is 14.2. The highest BCUT2D eigenvalue weighted by Gasteiger charge is 2.44. The lowest BCUT2D eigenvalue weighted by Crippen LogP contribution is -2.57. The summed E-state index contributed by atoms with van der Waals surface area (Å²) in [6, 6.07) is 17.8. The number of carbonyl (C=O) groups is 2. The summed E-state index contributed by atoms with van der Waals surface area (Å²) in [5, 5.41) is 36.4. The van der Waals surface area contributed by atoms with Crippen molar-refractivity contribution in [1.82, 2.24) is 35.5 Å². The van der Waals surface area contributed by atoms with Gasteiger partial charge in [0.1, 0.15) is 24.3 Å². The third-order valence-electron chi connectivity index (χ3n) is 13.2. The molecule has 3 atom stereocenters. The van der Waals surface area contributed by atoms with Gasteiger partial charge in [-0.15, -0.1) is 21.5 Å². The fourth-order valence-corrected chi connectivity index (χ4v) is 10.3. The fourth-order valence-electron chi connectivity index (χ4n) is 9.47. The quantitative estimate of drug-likeness (QED) is 0.0673. The molecular formula is C50H65N9O9S. The van der Waals surface area contributed by atoms with Gasteiger partial charge in [-0.2, -0.15) is 0 Å². The van der Waals surface area contributed by atoms with Gasteiger partial charge in [-0.3, -0.25) is 14.5 Å². The molecule has 2 aromatic carbocycles. The number of β-amino-alcohol motifs (C(OH)–C–C–N with tert-alkyl or cyclic N) is 1. The van der Waals surface area contributed by atoms with Gasteiger partial charge >= 0.3 is 0 Å². The molecule has 3 saturated heterocycles. The molecule has 8 rings (SSSR count). The van der Waals surface area contributed by atoms with Crippen LogP contribution in [0.4, 0.5) is 11.5 Å². The Morgan fingerprint density at radius 2 is 1.75 bits per heavy atom. The zero-order valence-electron chi connectivity index (χ0n) is 39.8. The minimum Gasteiger partial charge on any atom is -0.507 e. The van der Waals surface area contributed by atoms with Crippen LogP contribution < -0.4 is 20.7 Å². The average Bonchev–Trinajstić information content (AvgIpc) is 4.11. The number of para-hydroxylation sites is 1. The number of hydrogen-bond acceptors (Lipinski definition) is 17. The first-order valence-electron chi connectivity index (χ1n) is 24.0. The van der Waals surface area contributed by atoms with Crippen LogP contribution in [0.15, 0.2) is 70.7 Å². The summed E-state index contributed by atoms with van der Waals surface area (Å²) < 4.78 is 29.4. The van der Waals surface area contributed by atoms with Gasteiger partial charge < -0.3 is 54.5 Å². The highest BCUT2D eigenvalue weighted by Crippen LogP contribution is 2.37. The molecule has 5 aromatic rings. The van der Waals surface area contributed by atoms with Crippen molar-refractivity contribution >= 4 is 34.7 Å². The number of aromatic hydroxyl groups is 1. The largest absolute Gasteiger partial charge is 0.507 e. The van der Waals surface area contributed by atoms with E-state index in [1.54, 1.807) is 29.5 Å². The minimum absolute atomic E-state index is 0.0487. The number of nitrogen functional groups attached to an aromatic ring is 1. The molecule has 0 saturated carbocycles. The number of aliphatic hydroxyl groups excluding tert-OH is 1. The summed E-state index contributed by atoms with van der Waals surface area (Å²) in [7, 11) is 0. The molecule has 3 aliphatic rings. The Morgan fingerprint density at radius 3 is 2.51 bits per heavy atom. The van der Waals surface area contributed by atoms with Crippen LogP contribution in [-0.2, 0) is 30.3 Å². The molecule has 1 unspecified atom stereocenters. The molecule has 5 N–H and O–H groups in total. The molecule has 6 heterocycles. The van der Waals surface area contributed by atoms with E-state index in [1.807, 2.05) is 68.7 Å². The highest BCUT2D eigenvalue weighted by molar-refractivity contribution is 7.13. The summed E-state index contributed by atoms with van der Waals surface area (Å²) in [5.41, 5.74) is 12.9. The first-order valence-corrected chi connectivity index (χ1v) is 24.9. The molecule has 3 aromatic heterocycles. The van der Waals surface area contributed by atoms with E-state index in [0.717, 1.165) is 85.8 Å². The molecule has 370 valence electrons. The van der Waals surface area contributed by atoms with E-state index in [-0.39, 0.29) is 54.5 Å². The molecule has 0 radical (unpaired) electrons. The number of nitrogens with one attached hydrogen (secondary N) is 1. The lowest BCUT2D eigenvalue weighted by molar-refractivity contribution is -0.141. The van der Waals surface area contributed by atoms with Gasteiger partial charge in [0.25, 0.3) is 5.88 Å². The highest BCUT2D eigenvalue weighted by atomic mass is 32.1. The van der Waals surface area contributed by atoms with E-state index in [1.165, 1.54) is 4.90 Å². The number of unbranched alkanes of at least 4 members (excludes halogenated alkanes) is 1. The SMILES string of the molecule is Cc1ncsc1-c1ccc(CNC(=O)[C@@H]2C[C@@H](O)CN2C(=O)C(c2cc(OCCOCCOCCCCN3CCOC4(CCN(c5cc(-c6ccccc6O)nnc5N)CC4)C3)no2)C(C)C)cc1. The van der Waals surface area contributed by atoms with Crippen LogP contribution in [0.2, 0.25) is 0 Å². The summed E-state index contributed by atoms with van der Waals surface area (Å²) in [5.74, 6) is -0.448. The number of likely N-dealkylation sites (tertiary alicyclic amines) is 1. The predicted octanol–water partition coefficient (Wildman–Crippen LogP) is 5.43. The van der Waals surface area contributed by atoms with Crippen molar-refractivity contribution in [3.8, 4) is 33.3 Å². The van der Waals surface area contributed by atoms with Gasteiger partial charge in [-0.05, 0) is 79.6 Å². The zero-order valence-corrected chi connectivity index (χ0v) is 40.6. The van der Waals surface area contributed by atoms with Crippen LogP contribution >= 0.6 is 11.3 Å². The molecule has 69 heavy (non-hydrogen) atoms. The van der Waals surface area contributed by atoms with Gasteiger partial charge in [0.15, 0.2) is 11.6 Å². The van der Waals surface area contributed by atoms with Gasteiger partial charge in [0.05, 0.1) is 65.6 Å². The number of anilines is 2. The maximum Gasteiger partial charge on any atom is 0.254 e. The van der Waals surface area contributed by atoms with E-state index in [4.69, 9.17) is 29.2 Å². The smallest absolute Gasteiger partial charge is 0.254 e. The number of hydrogen-bond donors (Lipinski definition) is 4. The second kappa shape index (κ2) is 23.3. The number of thiazole rings is 1. The molecular weight excluding hydrogens is 903 g/mol. The standard InChI is InChI=1S/C50H65N9O9S/c1-33(2)45(49(63)59-30-37(60)26-41(59)48(62)52-29-35-10-12-36(13-11-35)46-34(3)53-32-69-46)43-28-44(56-68-43)66-25-24-65-23-22-64-20-7-6-16-57-19-21-67-50(31-57)14-17-58(18-15-50)40-27-39(54-55-47(40)51)38-8-4-5-9-42(38)61/h4-5,8-13,27-28,32-33,37,41,45,60-61H,6-7,14-26,29-31H2,1-3H3,(H2,51,55)(H,52,62)/t37-,41+,45?/m1/s1. The second-order valence-corrected chi connectivity index (χ2v) is 19.3. The molecule has 0 bridgehead atoms. The van der Waals surface area contributed by atoms with E-state index in [9.17, 15) is 19.8 Å². The lowest BCUT2D eigenvalue weighted by Gasteiger charge is -2.48. The third kappa shape index (κ3) is 12.6. The van der Waals surface area contributed by atoms with E-state index < -0.39 is 18.1 Å². The van der Waals surface area contributed by atoms with Crippen LogP contribution in [0.1, 0.15) is 68.9 Å². The Hall–Kier alpha value is -5.70. The van der Waals surface area contributed by atoms with Crippen LogP contribution in [-0.4, -0.2) is 149 Å². The monoisotopic (exact) mass is 967 g/mol. The van der Waals surface area contributed by atoms with E-state index in [2.05, 4.69) is 35.5 Å². The van der Waals surface area contributed by atoms with Crippen molar-refractivity contribution in [2.75, 3.05) is 89.5 Å². The van der Waals surface area contributed by atoms with Gasteiger partial charge in [0.2, 0.25) is 11.8 Å². The number of ether oxygens (including phenoxy) is 4. The van der Waals surface area contributed by atoms with Crippen LogP contribution in [0.25, 0.3) is 21.7 Å². The Morgan fingerprint density at radius 1 is 0.986 bits per heavy atom. The first kappa shape index (κ1) is 49.7. The summed E-state index contributed by atoms with van der Waals surface area (Å²) >= 11 is 1.59. The number of carbonyl (C=O) groups excluding carboxylic acids is 2. The van der Waals surface area contributed by atoms with E-state index >= 15 is 0 Å². The number of piperidine rings is 1. The number of aryl methyl sites for hydroxylation is 1. The Labute approximate surface area is 407 Å². The van der Waals surface area contributed by atoms with Gasteiger partial charge in [0, 0.05) is 63.9 Å². The second-order valence-electron chi connectivity index (χ2n) is 18.5. The van der Waals surface area contributed by atoms with Crippen molar-refractivity contribution in [2.45, 2.75) is 83.1 Å². The number of phenolic OH excluding ortho intramolecular Hbond substituents is 1. The maximum absolute atomic E-state index is 14.0. The van der Waals surface area contributed by atoms with Crippen molar-refractivity contribution in [3.05, 3.63) is 83.2 Å². The molecule has 1 spiro atoms. The summed E-state index contributed by atoms with van der Waals surface area (Å²) in [6.45, 7) is 13.3. The topological polar surface area (TPSA) is 224 Å². The number of rotatable bonds is 21. The van der Waals surface area contributed by atoms with Crippen LogP contribution in [0.3, 0.4) is 0 Å². The van der Waals surface area contributed by atoms with Crippen molar-refractivity contribution in [3.63, 3.8) is 0 Å². The normalized spacial score (nSPS) is 18.8. The number of phenols is 1. The molecule has 3 fully saturated rings. The fraction of sp³-hybridized carbons (Fsp3) is 0.520. The van der Waals surface area contributed by atoms with Crippen molar-refractivity contribution in [1.29, 1.82) is 0 Å². The number of aliphatic hydroxyl groups is 1. The number of amides is 2. The number of nitrogens with zero attached hydrogens (tertiary/aromatic N) is 7. The van der Waals surface area contributed by atoms with E-state index in [0.29, 0.717) is 62.4 Å². The first-order chi connectivity index (χ1) is 33.5. The van der Waals surface area contributed by atoms with Crippen LogP contribution in [0, 0.1) is 12.8 Å². The lowest BCUT2D eigenvalue weighted by atomic mass is 9.89. The number of benzene rings is 2. The molecule has 19 heteroatoms. The van der Waals surface area contributed by atoms with Crippen molar-refractivity contribution < 1.29 is 43.3 Å². The van der Waals surface area contributed by atoms with Crippen molar-refractivity contribution in [2.24, 2.45) is 5.92 Å². The number of aromatic nitrogens is 4. The summed E-state index contributed by atoms with van der Waals surface area (Å²) in [4.78, 5) is 39.1. The Kier molecular flexibility index (Phi) is 16.8. The molecule has 2 amide bonds. The molecule has 3 aliphatic heterocycles. The van der Waals surface area contributed by atoms with Gasteiger partial charge in [-0.1, -0.05) is 50.2 Å².